The second-order valence-electron chi connectivity index (χ2n) is 35.1. The minimum atomic E-state index is -0.822. The Balaban J connectivity index is 0.640. The van der Waals surface area contributed by atoms with Gasteiger partial charge in [-0.05, 0) is 213 Å². The van der Waals surface area contributed by atoms with Gasteiger partial charge in [0, 0.05) is 50.2 Å². The number of rotatable bonds is 12. The van der Waals surface area contributed by atoms with E-state index < -0.39 is 47.5 Å². The van der Waals surface area contributed by atoms with Crippen molar-refractivity contribution in [1.29, 1.82) is 0 Å². The largest absolute Gasteiger partial charge is 0.495 e. The van der Waals surface area contributed by atoms with Crippen LogP contribution in [0.3, 0.4) is 0 Å². The molecule has 2 aromatic heterocycles. The molecular weight excluding hydrogens is 1430 g/mol. The molecule has 2 fully saturated rings. The second kappa shape index (κ2) is 25.1. The molecule has 0 N–H and O–H groups in total. The number of aromatic nitrogens is 2. The van der Waals surface area contributed by atoms with Crippen molar-refractivity contribution in [3.05, 3.63) is 408 Å². The second-order valence-corrected chi connectivity index (χ2v) is 35.1. The molecule has 2 unspecified atom stereocenters. The summed E-state index contributed by atoms with van der Waals surface area (Å²) in [5.74, 6) is 0. The van der Waals surface area contributed by atoms with Crippen LogP contribution in [-0.2, 0) is 35.9 Å². The lowest BCUT2D eigenvalue weighted by Crippen LogP contribution is -2.46. The number of hydrogen-bond acceptors (Lipinski definition) is 4. The summed E-state index contributed by atoms with van der Waals surface area (Å²) in [6.45, 7) is 15.4. The van der Waals surface area contributed by atoms with Crippen LogP contribution in [0.1, 0.15) is 98.5 Å². The van der Waals surface area contributed by atoms with E-state index in [1.54, 1.807) is 0 Å². The molecule has 0 radical (unpaired) electrons. The van der Waals surface area contributed by atoms with E-state index in [0.29, 0.717) is 6.42 Å². The Hall–Kier alpha value is -12.9. The molecule has 24 rings (SSSR count). The van der Waals surface area contributed by atoms with Crippen LogP contribution >= 0.6 is 0 Å². The van der Waals surface area contributed by atoms with Crippen LogP contribution in [0.5, 0.6) is 0 Å². The molecule has 4 aliphatic heterocycles. The Morgan fingerprint density at radius 1 is 0.263 bits per heavy atom. The SMILES string of the molecule is CC1(C)OB(c2ccc3c4c2-c2ccccc2-n2c5ccccc5c5ccc(c-4c52)C3(c2ccc(-c3ccccc3)cc2)c2ccc(-c3ccc(CC4(C)OB(c5cc6c7c8c5c5ccccc5n8-c5ccccc5-c5cccc(c5-7)C6(c5cccc(-c6ccccc6)c5)c5cccc(-c6ccccc6)c5)OC4(C)C)cc3)cc2)OC1(C)C. The van der Waals surface area contributed by atoms with Gasteiger partial charge in [-0.2, -0.15) is 0 Å². The maximum atomic E-state index is 7.89. The molecule has 6 aliphatic rings. The van der Waals surface area contributed by atoms with E-state index in [-0.39, 0.29) is 0 Å². The highest BCUT2D eigenvalue weighted by atomic mass is 16.7. The van der Waals surface area contributed by atoms with Gasteiger partial charge < -0.3 is 27.8 Å². The van der Waals surface area contributed by atoms with Crippen LogP contribution in [0.2, 0.25) is 0 Å². The monoisotopic (exact) mass is 1520 g/mol. The Kier molecular flexibility index (Phi) is 14.7. The molecule has 8 heteroatoms. The Labute approximate surface area is 688 Å². The molecule has 6 heterocycles. The molecule has 562 valence electrons. The number of hydrogen-bond donors (Lipinski definition) is 0. The van der Waals surface area contributed by atoms with Crippen molar-refractivity contribution < 1.29 is 18.6 Å². The van der Waals surface area contributed by atoms with Crippen LogP contribution < -0.4 is 10.9 Å². The first kappa shape index (κ1) is 69.4. The van der Waals surface area contributed by atoms with Crippen molar-refractivity contribution in [3.63, 3.8) is 0 Å². The maximum Gasteiger partial charge on any atom is 0.495 e. The molecule has 18 aromatic rings. The van der Waals surface area contributed by atoms with Crippen molar-refractivity contribution >= 4 is 68.8 Å². The molecule has 16 aromatic carbocycles. The average molecular weight is 1520 g/mol. The fourth-order valence-electron chi connectivity index (χ4n) is 21.7. The van der Waals surface area contributed by atoms with Gasteiger partial charge in [-0.3, -0.25) is 0 Å². The summed E-state index contributed by atoms with van der Waals surface area (Å²) in [6, 6.07) is 134. The molecule has 0 spiro atoms. The van der Waals surface area contributed by atoms with Crippen molar-refractivity contribution in [3.8, 4) is 100 Å². The topological polar surface area (TPSA) is 46.8 Å². The third kappa shape index (κ3) is 9.51. The molecule has 0 saturated carbocycles. The predicted molar refractivity (Wildman–Crippen MR) is 485 cm³/mol. The van der Waals surface area contributed by atoms with Crippen LogP contribution in [0.15, 0.2) is 358 Å². The first-order valence-corrected chi connectivity index (χ1v) is 41.7. The lowest BCUT2D eigenvalue weighted by Gasteiger charge is -2.36. The van der Waals surface area contributed by atoms with Crippen LogP contribution in [0, 0.1) is 0 Å². The van der Waals surface area contributed by atoms with Crippen molar-refractivity contribution in [2.24, 2.45) is 0 Å². The van der Waals surface area contributed by atoms with Gasteiger partial charge in [0.1, 0.15) is 0 Å². The van der Waals surface area contributed by atoms with Gasteiger partial charge in [-0.15, -0.1) is 0 Å². The molecular formula is C110H82B2N2O4. The summed E-state index contributed by atoms with van der Waals surface area (Å²) < 4.78 is 34.9. The molecule has 118 heavy (non-hydrogen) atoms. The minimum Gasteiger partial charge on any atom is -0.399 e. The zero-order valence-corrected chi connectivity index (χ0v) is 67.0. The fraction of sp³-hybridized carbons (Fsp3) is 0.127. The number of benzene rings is 16. The maximum absolute atomic E-state index is 7.89. The van der Waals surface area contributed by atoms with E-state index in [4.69, 9.17) is 18.6 Å². The van der Waals surface area contributed by atoms with Gasteiger partial charge in [0.2, 0.25) is 0 Å². The highest BCUT2D eigenvalue weighted by Gasteiger charge is 2.59. The van der Waals surface area contributed by atoms with Gasteiger partial charge in [0.05, 0.1) is 66.7 Å². The number of para-hydroxylation sites is 4. The normalized spacial score (nSPS) is 18.2. The first-order valence-electron chi connectivity index (χ1n) is 41.7. The van der Waals surface area contributed by atoms with Gasteiger partial charge >= 0.3 is 14.2 Å². The zero-order chi connectivity index (χ0) is 78.9. The fourth-order valence-corrected chi connectivity index (χ4v) is 21.7. The zero-order valence-electron chi connectivity index (χ0n) is 67.0. The van der Waals surface area contributed by atoms with Gasteiger partial charge in [-0.1, -0.05) is 322 Å². The third-order valence-electron chi connectivity index (χ3n) is 28.3. The van der Waals surface area contributed by atoms with Gasteiger partial charge in [0.25, 0.3) is 0 Å². The van der Waals surface area contributed by atoms with Crippen LogP contribution in [-0.4, -0.2) is 45.8 Å². The number of fused-ring (bicyclic) bond motifs is 12. The summed E-state index contributed by atoms with van der Waals surface area (Å²) in [5.41, 5.74) is 34.6. The van der Waals surface area contributed by atoms with E-state index >= 15 is 0 Å². The summed E-state index contributed by atoms with van der Waals surface area (Å²) in [5, 5.41) is 4.76. The summed E-state index contributed by atoms with van der Waals surface area (Å²) in [4.78, 5) is 0. The van der Waals surface area contributed by atoms with E-state index in [1.165, 1.54) is 127 Å². The summed E-state index contributed by atoms with van der Waals surface area (Å²) in [7, 11) is -1.36. The van der Waals surface area contributed by atoms with E-state index in [2.05, 4.69) is 416 Å². The van der Waals surface area contributed by atoms with Gasteiger partial charge in [0.15, 0.2) is 0 Å². The Morgan fingerprint density at radius 2 is 0.695 bits per heavy atom. The Morgan fingerprint density at radius 3 is 1.31 bits per heavy atom. The molecule has 2 saturated heterocycles. The first-order chi connectivity index (χ1) is 57.6. The lowest BCUT2D eigenvalue weighted by atomic mass is 9.65. The smallest absolute Gasteiger partial charge is 0.399 e. The summed E-state index contributed by atoms with van der Waals surface area (Å²) in [6.07, 6.45) is 0.607. The van der Waals surface area contributed by atoms with Crippen LogP contribution in [0.4, 0.5) is 0 Å². The highest BCUT2D eigenvalue weighted by Crippen LogP contribution is 2.65. The minimum absolute atomic E-state index is 0.557. The molecule has 0 bridgehead atoms. The highest BCUT2D eigenvalue weighted by molar-refractivity contribution is 6.66. The van der Waals surface area contributed by atoms with Crippen LogP contribution in [0.25, 0.3) is 144 Å². The van der Waals surface area contributed by atoms with E-state index in [1.807, 2.05) is 0 Å². The quantitative estimate of drug-likeness (QED) is 0.114. The van der Waals surface area contributed by atoms with E-state index in [9.17, 15) is 0 Å². The predicted octanol–water partition coefficient (Wildman–Crippen LogP) is 25.1. The Bertz CT molecular complexity index is 7170. The van der Waals surface area contributed by atoms with Crippen molar-refractivity contribution in [2.75, 3.05) is 0 Å². The van der Waals surface area contributed by atoms with E-state index in [0.717, 1.165) is 77.5 Å². The van der Waals surface area contributed by atoms with Crippen molar-refractivity contribution in [2.45, 2.75) is 88.1 Å². The average Bonchev–Trinajstić information content (AvgIpc) is 1.50. The molecule has 2 atom stereocenters. The third-order valence-corrected chi connectivity index (χ3v) is 28.3. The molecule has 0 amide bonds. The number of nitrogens with zero attached hydrogens (tertiary/aromatic N) is 2. The summed E-state index contributed by atoms with van der Waals surface area (Å²) >= 11 is 0. The molecule has 2 aliphatic carbocycles. The standard InChI is InChI=1S/C110H82B2N2O4/c1-105(2)106(3,4)116-111(115-105)91-63-62-88-100-98(91)85-40-19-23-46-95(85)113-94-45-22-18-39-82(94)84-60-61-89(101(100)103(84)113)109(88,77-56-52-73(53-57-77)69-28-11-8-12-29-69)78-58-54-74(55-59-78)72-50-48-68(49-51-72)67-108(7)107(5,6)117-112(118-108)92-66-90-102-97-83(81-38-17-21-44-93(81)114-96-47-24-20-41-86(96)99(92)104(102)114)42-27-43-87(97)110(90,79-36-25-34-75(64-79)70-30-13-9-14-31-70)80-37-26-35-76(65-80)71-32-15-10-16-33-71/h8-66H,67H2,1-7H3. The molecule has 6 nitrogen and oxygen atoms in total. The van der Waals surface area contributed by atoms with Crippen molar-refractivity contribution in [1.82, 2.24) is 9.13 Å². The lowest BCUT2D eigenvalue weighted by molar-refractivity contribution is -0.00876. The van der Waals surface area contributed by atoms with Gasteiger partial charge in [-0.25, -0.2) is 0 Å².